The zero-order valence-corrected chi connectivity index (χ0v) is 25.1. The highest BCUT2D eigenvalue weighted by atomic mass is 15.1. The first kappa shape index (κ1) is 26.2. The summed E-state index contributed by atoms with van der Waals surface area (Å²) in [5.74, 6) is 0.922. The maximum Gasteiger partial charge on any atom is 0.145 e. The van der Waals surface area contributed by atoms with Gasteiger partial charge in [-0.05, 0) is 70.8 Å². The van der Waals surface area contributed by atoms with E-state index < -0.39 is 0 Å². The zero-order chi connectivity index (χ0) is 30.5. The molecule has 216 valence electrons. The van der Waals surface area contributed by atoms with Gasteiger partial charge < -0.3 is 4.90 Å². The van der Waals surface area contributed by atoms with E-state index >= 15 is 0 Å². The first-order valence-corrected chi connectivity index (χ1v) is 15.7. The van der Waals surface area contributed by atoms with E-state index in [0.717, 1.165) is 45.2 Å². The monoisotopic (exact) mass is 587 g/mol. The van der Waals surface area contributed by atoms with Gasteiger partial charge in [0.15, 0.2) is 0 Å². The van der Waals surface area contributed by atoms with Gasteiger partial charge >= 0.3 is 0 Å². The minimum absolute atomic E-state index is 0.922. The number of hydrogen-bond donors (Lipinski definition) is 0. The van der Waals surface area contributed by atoms with Crippen molar-refractivity contribution < 1.29 is 0 Å². The third kappa shape index (κ3) is 4.25. The summed E-state index contributed by atoms with van der Waals surface area (Å²) in [6, 6.07) is 62.7. The van der Waals surface area contributed by atoms with Crippen molar-refractivity contribution in [3.63, 3.8) is 0 Å². The molecule has 0 saturated carbocycles. The van der Waals surface area contributed by atoms with Crippen molar-refractivity contribution in [1.82, 2.24) is 9.55 Å². The van der Waals surface area contributed by atoms with Crippen LogP contribution >= 0.6 is 0 Å². The van der Waals surface area contributed by atoms with Crippen LogP contribution in [-0.4, -0.2) is 9.55 Å². The molecule has 0 amide bonds. The molecule has 3 heteroatoms. The Morgan fingerprint density at radius 2 is 0.913 bits per heavy atom. The van der Waals surface area contributed by atoms with Gasteiger partial charge in [0.05, 0.1) is 28.1 Å². The van der Waals surface area contributed by atoms with E-state index in [0.29, 0.717) is 0 Å². The Morgan fingerprint density at radius 3 is 1.57 bits per heavy atom. The lowest BCUT2D eigenvalue weighted by atomic mass is 10.0. The van der Waals surface area contributed by atoms with Crippen LogP contribution in [0.3, 0.4) is 0 Å². The highest BCUT2D eigenvalue weighted by Crippen LogP contribution is 2.42. The summed E-state index contributed by atoms with van der Waals surface area (Å²) in [4.78, 5) is 7.58. The van der Waals surface area contributed by atoms with E-state index in [2.05, 4.69) is 185 Å². The standard InChI is InChI=1S/C43H29N3/c1-4-18-35-30(12-1)15-9-23-39(35)45(40-24-10-16-31-13-2-5-19-36(31)40)34-28-26-33(27-29-34)43-44-38-21-7-8-22-42(38)46(43)41-25-11-17-32-14-3-6-20-37(32)41/h1-29H. The van der Waals surface area contributed by atoms with Gasteiger partial charge in [0, 0.05) is 27.4 Å². The summed E-state index contributed by atoms with van der Waals surface area (Å²) in [6.07, 6.45) is 0. The lowest BCUT2D eigenvalue weighted by Gasteiger charge is -2.28. The van der Waals surface area contributed by atoms with Crippen LogP contribution in [0.4, 0.5) is 17.1 Å². The fourth-order valence-corrected chi connectivity index (χ4v) is 6.84. The van der Waals surface area contributed by atoms with Crippen molar-refractivity contribution in [2.75, 3.05) is 4.90 Å². The molecule has 8 aromatic carbocycles. The number of anilines is 3. The SMILES string of the molecule is c1ccc2c(N(c3ccc(-c4nc5ccccc5n4-c4cccc5ccccc45)cc3)c3cccc4ccccc34)cccc2c1. The van der Waals surface area contributed by atoms with Crippen LogP contribution in [0.15, 0.2) is 176 Å². The molecule has 9 rings (SSSR count). The largest absolute Gasteiger partial charge is 0.309 e. The van der Waals surface area contributed by atoms with E-state index in [-0.39, 0.29) is 0 Å². The maximum atomic E-state index is 5.19. The lowest BCUT2D eigenvalue weighted by molar-refractivity contribution is 1.11. The zero-order valence-electron chi connectivity index (χ0n) is 25.1. The second kappa shape index (κ2) is 10.8. The molecular formula is C43H29N3. The second-order valence-electron chi connectivity index (χ2n) is 11.6. The van der Waals surface area contributed by atoms with Crippen molar-refractivity contribution in [2.45, 2.75) is 0 Å². The summed E-state index contributed by atoms with van der Waals surface area (Å²) in [5.41, 5.74) is 7.62. The number of aromatic nitrogens is 2. The number of fused-ring (bicyclic) bond motifs is 4. The molecule has 0 saturated heterocycles. The van der Waals surface area contributed by atoms with E-state index in [1.165, 1.54) is 32.3 Å². The molecule has 0 aliphatic carbocycles. The van der Waals surface area contributed by atoms with E-state index in [9.17, 15) is 0 Å². The first-order valence-electron chi connectivity index (χ1n) is 15.7. The van der Waals surface area contributed by atoms with Gasteiger partial charge in [0.2, 0.25) is 0 Å². The Morgan fingerprint density at radius 1 is 0.413 bits per heavy atom. The number of benzene rings is 8. The van der Waals surface area contributed by atoms with Gasteiger partial charge in [-0.15, -0.1) is 0 Å². The Balaban J connectivity index is 1.25. The summed E-state index contributed by atoms with van der Waals surface area (Å²) in [6.45, 7) is 0. The van der Waals surface area contributed by atoms with Crippen molar-refractivity contribution in [1.29, 1.82) is 0 Å². The Labute approximate surface area is 267 Å². The summed E-state index contributed by atoms with van der Waals surface area (Å²) >= 11 is 0. The van der Waals surface area contributed by atoms with Gasteiger partial charge in [0.25, 0.3) is 0 Å². The van der Waals surface area contributed by atoms with Crippen LogP contribution in [-0.2, 0) is 0 Å². The number of para-hydroxylation sites is 2. The van der Waals surface area contributed by atoms with E-state index in [1.807, 2.05) is 0 Å². The van der Waals surface area contributed by atoms with Gasteiger partial charge in [-0.1, -0.05) is 121 Å². The second-order valence-corrected chi connectivity index (χ2v) is 11.6. The van der Waals surface area contributed by atoms with E-state index in [4.69, 9.17) is 4.98 Å². The third-order valence-corrected chi connectivity index (χ3v) is 8.97. The quantitative estimate of drug-likeness (QED) is 0.200. The molecule has 1 heterocycles. The molecule has 9 aromatic rings. The Hall–Kier alpha value is -6.19. The van der Waals surface area contributed by atoms with Gasteiger partial charge in [-0.3, -0.25) is 4.57 Å². The minimum Gasteiger partial charge on any atom is -0.309 e. The minimum atomic E-state index is 0.922. The number of nitrogens with zero attached hydrogens (tertiary/aromatic N) is 3. The van der Waals surface area contributed by atoms with Crippen LogP contribution < -0.4 is 4.90 Å². The van der Waals surface area contributed by atoms with Crippen molar-refractivity contribution in [3.8, 4) is 17.1 Å². The fourth-order valence-electron chi connectivity index (χ4n) is 6.84. The van der Waals surface area contributed by atoms with Crippen LogP contribution in [0.25, 0.3) is 60.4 Å². The maximum absolute atomic E-state index is 5.19. The van der Waals surface area contributed by atoms with Gasteiger partial charge in [-0.25, -0.2) is 4.98 Å². The molecule has 0 atom stereocenters. The summed E-state index contributed by atoms with van der Waals surface area (Å²) in [5, 5.41) is 7.25. The Bertz CT molecular complexity index is 2450. The smallest absolute Gasteiger partial charge is 0.145 e. The fraction of sp³-hybridized carbons (Fsp3) is 0. The normalized spacial score (nSPS) is 11.5. The molecule has 46 heavy (non-hydrogen) atoms. The predicted octanol–water partition coefficient (Wildman–Crippen LogP) is 11.6. The molecule has 1 aromatic heterocycles. The molecule has 0 aliphatic rings. The number of rotatable bonds is 5. The van der Waals surface area contributed by atoms with Crippen LogP contribution in [0.1, 0.15) is 0 Å². The third-order valence-electron chi connectivity index (χ3n) is 8.97. The van der Waals surface area contributed by atoms with Crippen molar-refractivity contribution >= 4 is 60.4 Å². The van der Waals surface area contributed by atoms with Crippen LogP contribution in [0.2, 0.25) is 0 Å². The average Bonchev–Trinajstić information content (AvgIpc) is 3.51. The van der Waals surface area contributed by atoms with E-state index in [1.54, 1.807) is 0 Å². The number of hydrogen-bond acceptors (Lipinski definition) is 2. The molecule has 0 fully saturated rings. The lowest BCUT2D eigenvalue weighted by Crippen LogP contribution is -2.11. The molecule has 0 unspecified atom stereocenters. The van der Waals surface area contributed by atoms with Crippen molar-refractivity contribution in [2.24, 2.45) is 0 Å². The average molecular weight is 588 g/mol. The highest BCUT2D eigenvalue weighted by Gasteiger charge is 2.20. The summed E-state index contributed by atoms with van der Waals surface area (Å²) in [7, 11) is 0. The highest BCUT2D eigenvalue weighted by molar-refractivity contribution is 6.05. The molecule has 0 radical (unpaired) electrons. The topological polar surface area (TPSA) is 21.1 Å². The molecule has 0 aliphatic heterocycles. The van der Waals surface area contributed by atoms with Crippen LogP contribution in [0, 0.1) is 0 Å². The summed E-state index contributed by atoms with van der Waals surface area (Å²) < 4.78 is 2.31. The number of imidazole rings is 1. The van der Waals surface area contributed by atoms with Crippen molar-refractivity contribution in [3.05, 3.63) is 176 Å². The molecule has 0 N–H and O–H groups in total. The van der Waals surface area contributed by atoms with Gasteiger partial charge in [-0.2, -0.15) is 0 Å². The molecule has 0 bridgehead atoms. The molecule has 0 spiro atoms. The molecule has 3 nitrogen and oxygen atoms in total. The first-order chi connectivity index (χ1) is 22.8. The van der Waals surface area contributed by atoms with Crippen LogP contribution in [0.5, 0.6) is 0 Å². The Kier molecular flexibility index (Phi) is 6.14. The predicted molar refractivity (Wildman–Crippen MR) is 194 cm³/mol. The van der Waals surface area contributed by atoms with Gasteiger partial charge in [0.1, 0.15) is 5.82 Å². The molecular weight excluding hydrogens is 558 g/mol.